The Morgan fingerprint density at radius 1 is 1.16 bits per heavy atom. The highest BCUT2D eigenvalue weighted by Gasteiger charge is 2.21. The van der Waals surface area contributed by atoms with E-state index in [4.69, 9.17) is 0 Å². The van der Waals surface area contributed by atoms with Gasteiger partial charge in [0.2, 0.25) is 5.78 Å². The van der Waals surface area contributed by atoms with Crippen LogP contribution >= 0.6 is 0 Å². The average molecular weight is 419 g/mol. The molecule has 0 radical (unpaired) electrons. The molecule has 0 spiro atoms. The van der Waals surface area contributed by atoms with E-state index >= 15 is 0 Å². The summed E-state index contributed by atoms with van der Waals surface area (Å²) in [6.07, 6.45) is 6.80. The molecule has 2 heterocycles. The van der Waals surface area contributed by atoms with Gasteiger partial charge in [0.25, 0.3) is 5.69 Å². The van der Waals surface area contributed by atoms with Crippen molar-refractivity contribution >= 4 is 22.8 Å². The number of ketones is 1. The number of nitrogens with zero attached hydrogens (tertiary/aromatic N) is 4. The van der Waals surface area contributed by atoms with Gasteiger partial charge in [0.1, 0.15) is 5.69 Å². The largest absolute Gasteiger partial charge is 0.375 e. The number of nitro benzene ring substituents is 1. The number of para-hydroxylation sites is 1. The number of hydrogen-bond donors (Lipinski definition) is 1. The maximum atomic E-state index is 12.7. The van der Waals surface area contributed by atoms with E-state index in [0.717, 1.165) is 18.7 Å². The highest BCUT2D eigenvalue weighted by atomic mass is 16.6. The van der Waals surface area contributed by atoms with Gasteiger partial charge in [0.05, 0.1) is 4.92 Å². The Kier molecular flexibility index (Phi) is 5.97. The summed E-state index contributed by atoms with van der Waals surface area (Å²) in [7, 11) is 1.71. The zero-order valence-electron chi connectivity index (χ0n) is 17.5. The van der Waals surface area contributed by atoms with Gasteiger partial charge in [-0.2, -0.15) is 0 Å². The van der Waals surface area contributed by atoms with Gasteiger partial charge in [-0.25, -0.2) is 4.98 Å². The zero-order valence-corrected chi connectivity index (χ0v) is 17.5. The molecule has 8 heteroatoms. The van der Waals surface area contributed by atoms with E-state index < -0.39 is 4.92 Å². The van der Waals surface area contributed by atoms with E-state index in [1.54, 1.807) is 29.9 Å². The second-order valence-corrected chi connectivity index (χ2v) is 7.71. The second kappa shape index (κ2) is 8.99. The van der Waals surface area contributed by atoms with Gasteiger partial charge < -0.3 is 14.8 Å². The van der Waals surface area contributed by atoms with Gasteiger partial charge in [-0.15, -0.1) is 0 Å². The number of carbonyl (C=O) groups excluding carboxylic acids is 1. The first-order valence-corrected chi connectivity index (χ1v) is 10.4. The molecular weight excluding hydrogens is 394 g/mol. The molecule has 2 aromatic carbocycles. The molecule has 0 unspecified atom stereocenters. The van der Waals surface area contributed by atoms with Crippen molar-refractivity contribution in [3.05, 3.63) is 81.9 Å². The monoisotopic (exact) mass is 419 g/mol. The molecule has 1 saturated heterocycles. The normalized spacial score (nSPS) is 13.8. The first kappa shape index (κ1) is 20.6. The molecule has 1 fully saturated rings. The van der Waals surface area contributed by atoms with Gasteiger partial charge in [-0.05, 0) is 43.0 Å². The Morgan fingerprint density at radius 2 is 1.94 bits per heavy atom. The fraction of sp³-hybridized carbons (Fsp3) is 0.304. The lowest BCUT2D eigenvalue weighted by Crippen LogP contribution is -2.30. The number of nitrogens with one attached hydrogen (secondary N) is 1. The molecule has 0 atom stereocenters. The summed E-state index contributed by atoms with van der Waals surface area (Å²) in [6.45, 7) is 2.52. The van der Waals surface area contributed by atoms with Crippen LogP contribution in [0.4, 0.5) is 17.1 Å². The van der Waals surface area contributed by atoms with Crippen molar-refractivity contribution in [1.29, 1.82) is 0 Å². The molecule has 4 rings (SSSR count). The molecule has 0 aliphatic carbocycles. The summed E-state index contributed by atoms with van der Waals surface area (Å²) in [4.78, 5) is 30.3. The van der Waals surface area contributed by atoms with Crippen molar-refractivity contribution < 1.29 is 9.72 Å². The van der Waals surface area contributed by atoms with Crippen LogP contribution in [0.2, 0.25) is 0 Å². The number of anilines is 2. The fourth-order valence-electron chi connectivity index (χ4n) is 3.98. The molecule has 0 saturated carbocycles. The van der Waals surface area contributed by atoms with E-state index in [-0.39, 0.29) is 22.9 Å². The number of nitro groups is 1. The number of piperidine rings is 1. The van der Waals surface area contributed by atoms with E-state index in [2.05, 4.69) is 21.3 Å². The summed E-state index contributed by atoms with van der Waals surface area (Å²) in [5.74, 6) is -0.108. The Labute approximate surface area is 180 Å². The van der Waals surface area contributed by atoms with Gasteiger partial charge in [0, 0.05) is 56.4 Å². The highest BCUT2D eigenvalue weighted by molar-refractivity contribution is 6.07. The molecule has 1 aliphatic heterocycles. The average Bonchev–Trinajstić information content (AvgIpc) is 3.23. The Hall–Kier alpha value is -3.68. The van der Waals surface area contributed by atoms with Gasteiger partial charge in [-0.3, -0.25) is 14.9 Å². The minimum Gasteiger partial charge on any atom is -0.375 e. The molecule has 1 aliphatic rings. The van der Waals surface area contributed by atoms with E-state index in [1.165, 1.54) is 37.2 Å². The number of hydrogen-bond acceptors (Lipinski definition) is 6. The summed E-state index contributed by atoms with van der Waals surface area (Å²) < 4.78 is 1.60. The smallest absolute Gasteiger partial charge is 0.293 e. The molecule has 1 aromatic heterocycles. The van der Waals surface area contributed by atoms with Crippen molar-refractivity contribution in [1.82, 2.24) is 9.55 Å². The highest BCUT2D eigenvalue weighted by Crippen LogP contribution is 2.29. The topological polar surface area (TPSA) is 93.3 Å². The van der Waals surface area contributed by atoms with Crippen molar-refractivity contribution in [2.45, 2.75) is 25.8 Å². The quantitative estimate of drug-likeness (QED) is 0.351. The SMILES string of the molecule is Cn1ccnc1C(=O)c1ccc(NCc2ccccc2N2CCCCC2)c([N+](=O)[O-])c1. The van der Waals surface area contributed by atoms with Crippen LogP contribution in [0.3, 0.4) is 0 Å². The number of aryl methyl sites for hydroxylation is 1. The van der Waals surface area contributed by atoms with Crippen LogP contribution in [0, 0.1) is 10.1 Å². The molecule has 0 amide bonds. The lowest BCUT2D eigenvalue weighted by atomic mass is 10.1. The van der Waals surface area contributed by atoms with Crippen LogP contribution in [0.1, 0.15) is 41.0 Å². The van der Waals surface area contributed by atoms with E-state index in [9.17, 15) is 14.9 Å². The Balaban J connectivity index is 1.56. The van der Waals surface area contributed by atoms with E-state index in [1.807, 2.05) is 18.2 Å². The molecule has 31 heavy (non-hydrogen) atoms. The van der Waals surface area contributed by atoms with Gasteiger partial charge >= 0.3 is 0 Å². The molecule has 3 aromatic rings. The van der Waals surface area contributed by atoms with E-state index in [0.29, 0.717) is 12.2 Å². The maximum Gasteiger partial charge on any atom is 0.293 e. The zero-order chi connectivity index (χ0) is 21.8. The standard InChI is InChI=1S/C23H25N5O3/c1-26-14-11-24-23(26)22(29)17-9-10-19(21(15-17)28(30)31)25-16-18-7-3-4-8-20(18)27-12-5-2-6-13-27/h3-4,7-11,14-15,25H,2,5-6,12-13,16H2,1H3. The predicted octanol–water partition coefficient (Wildman–Crippen LogP) is 4.16. The number of rotatable bonds is 7. The van der Waals surface area contributed by atoms with Crippen LogP contribution in [0.5, 0.6) is 0 Å². The van der Waals surface area contributed by atoms with Gasteiger partial charge in [-0.1, -0.05) is 18.2 Å². The van der Waals surface area contributed by atoms with Crippen molar-refractivity contribution in [2.24, 2.45) is 7.05 Å². The Bertz CT molecular complexity index is 1100. The number of imidazole rings is 1. The lowest BCUT2D eigenvalue weighted by molar-refractivity contribution is -0.384. The first-order chi connectivity index (χ1) is 15.0. The number of aromatic nitrogens is 2. The minimum atomic E-state index is -0.464. The van der Waals surface area contributed by atoms with Crippen molar-refractivity contribution in [2.75, 3.05) is 23.3 Å². The van der Waals surface area contributed by atoms with Crippen molar-refractivity contribution in [3.63, 3.8) is 0 Å². The van der Waals surface area contributed by atoms with Crippen LogP contribution < -0.4 is 10.2 Å². The van der Waals surface area contributed by atoms with Crippen LogP contribution in [0.15, 0.2) is 54.9 Å². The first-order valence-electron chi connectivity index (χ1n) is 10.4. The van der Waals surface area contributed by atoms with Crippen LogP contribution in [0.25, 0.3) is 0 Å². The molecule has 8 nitrogen and oxygen atoms in total. The predicted molar refractivity (Wildman–Crippen MR) is 120 cm³/mol. The maximum absolute atomic E-state index is 12.7. The fourth-order valence-corrected chi connectivity index (χ4v) is 3.98. The minimum absolute atomic E-state index is 0.129. The van der Waals surface area contributed by atoms with Gasteiger partial charge in [0.15, 0.2) is 5.82 Å². The third-order valence-corrected chi connectivity index (χ3v) is 5.64. The lowest BCUT2D eigenvalue weighted by Gasteiger charge is -2.30. The van der Waals surface area contributed by atoms with Crippen LogP contribution in [-0.2, 0) is 13.6 Å². The summed E-state index contributed by atoms with van der Waals surface area (Å²) in [6, 6.07) is 12.7. The third kappa shape index (κ3) is 4.42. The molecular formula is C23H25N5O3. The summed E-state index contributed by atoms with van der Waals surface area (Å²) in [5.41, 5.74) is 2.75. The molecule has 0 bridgehead atoms. The molecule has 1 N–H and O–H groups in total. The van der Waals surface area contributed by atoms with Crippen molar-refractivity contribution in [3.8, 4) is 0 Å². The summed E-state index contributed by atoms with van der Waals surface area (Å²) in [5, 5.41) is 14.9. The second-order valence-electron chi connectivity index (χ2n) is 7.71. The van der Waals surface area contributed by atoms with Crippen LogP contribution in [-0.4, -0.2) is 33.3 Å². The summed E-state index contributed by atoms with van der Waals surface area (Å²) >= 11 is 0. The molecule has 160 valence electrons. The number of carbonyl (C=O) groups is 1. The third-order valence-electron chi connectivity index (χ3n) is 5.64. The number of benzene rings is 2. The Morgan fingerprint density at radius 3 is 2.65 bits per heavy atom.